The summed E-state index contributed by atoms with van der Waals surface area (Å²) in [6.07, 6.45) is 3.37. The Morgan fingerprint density at radius 1 is 1.42 bits per heavy atom. The van der Waals surface area contributed by atoms with E-state index >= 15 is 0 Å². The number of fused-ring (bicyclic) bond motifs is 1. The Morgan fingerprint density at radius 3 is 2.88 bits per heavy atom. The number of nitrogens with zero attached hydrogens (tertiary/aromatic N) is 4. The third-order valence-corrected chi connectivity index (χ3v) is 4.46. The van der Waals surface area contributed by atoms with Crippen LogP contribution in [0.25, 0.3) is 5.65 Å². The largest absolute Gasteiger partial charge is 0.494 e. The van der Waals surface area contributed by atoms with Crippen molar-refractivity contribution in [2.75, 3.05) is 19.1 Å². The lowest BCUT2D eigenvalue weighted by Crippen LogP contribution is -2.27. The van der Waals surface area contributed by atoms with Gasteiger partial charge in [-0.3, -0.25) is 9.20 Å². The zero-order chi connectivity index (χ0) is 17.4. The number of carbonyl (C=O) groups excluding carboxylic acids is 1. The first-order chi connectivity index (χ1) is 11.4. The summed E-state index contributed by atoms with van der Waals surface area (Å²) in [6.45, 7) is 1.80. The molecule has 0 spiro atoms. The maximum absolute atomic E-state index is 13.5. The number of methoxy groups -OCH3 is 1. The lowest BCUT2D eigenvalue weighted by molar-refractivity contribution is 0.0987. The van der Waals surface area contributed by atoms with Crippen molar-refractivity contribution >= 4 is 39.8 Å². The van der Waals surface area contributed by atoms with E-state index in [1.165, 1.54) is 30.2 Å². The second-order valence-electron chi connectivity index (χ2n) is 5.17. The van der Waals surface area contributed by atoms with Gasteiger partial charge in [0.15, 0.2) is 17.2 Å². The second kappa shape index (κ2) is 6.34. The molecular weight excluding hydrogens is 426 g/mol. The van der Waals surface area contributed by atoms with Gasteiger partial charge in [0.1, 0.15) is 9.39 Å². The van der Waals surface area contributed by atoms with Gasteiger partial charge in [-0.2, -0.15) is 0 Å². The number of aryl methyl sites for hydroxylation is 1. The average molecular weight is 440 g/mol. The third-order valence-electron chi connectivity index (χ3n) is 3.66. The van der Waals surface area contributed by atoms with Crippen LogP contribution in [-0.2, 0) is 0 Å². The lowest BCUT2D eigenvalue weighted by atomic mass is 10.2. The molecule has 0 fully saturated rings. The van der Waals surface area contributed by atoms with Gasteiger partial charge in [0.2, 0.25) is 0 Å². The molecule has 0 N–H and O–H groups in total. The number of amides is 1. The van der Waals surface area contributed by atoms with Crippen LogP contribution in [0.2, 0.25) is 0 Å². The number of ether oxygens (including phenoxy) is 1. The van der Waals surface area contributed by atoms with Crippen molar-refractivity contribution in [1.29, 1.82) is 0 Å². The van der Waals surface area contributed by atoms with Crippen LogP contribution in [0.1, 0.15) is 16.2 Å². The normalized spacial score (nSPS) is 10.9. The predicted molar refractivity (Wildman–Crippen MR) is 96.1 cm³/mol. The van der Waals surface area contributed by atoms with Gasteiger partial charge < -0.3 is 9.64 Å². The second-order valence-corrected chi connectivity index (χ2v) is 6.27. The quantitative estimate of drug-likeness (QED) is 0.588. The summed E-state index contributed by atoms with van der Waals surface area (Å²) < 4.78 is 21.2. The molecule has 0 saturated heterocycles. The molecular formula is C16H14FIN4O2. The minimum atomic E-state index is -0.481. The van der Waals surface area contributed by atoms with Gasteiger partial charge in [-0.05, 0) is 41.6 Å². The Hall–Kier alpha value is -2.23. The highest BCUT2D eigenvalue weighted by Gasteiger charge is 2.19. The summed E-state index contributed by atoms with van der Waals surface area (Å²) >= 11 is 2.14. The topological polar surface area (TPSA) is 59.7 Å². The Balaban J connectivity index is 2.00. The molecule has 0 radical (unpaired) electrons. The number of hydrogen-bond donors (Lipinski definition) is 0. The van der Waals surface area contributed by atoms with Crippen LogP contribution < -0.4 is 9.64 Å². The van der Waals surface area contributed by atoms with Crippen molar-refractivity contribution in [2.45, 2.75) is 6.92 Å². The first-order valence-corrected chi connectivity index (χ1v) is 8.12. The Labute approximate surface area is 151 Å². The standard InChI is InChI=1S/C16H14FIN4O2/c1-9-15-19-7-14(18)22(15)8-12(20-9)16(23)21(2)10-4-5-11(17)13(6-10)24-3/h4-8H,1-3H3. The lowest BCUT2D eigenvalue weighted by Gasteiger charge is -2.18. The van der Waals surface area contributed by atoms with E-state index < -0.39 is 5.82 Å². The van der Waals surface area contributed by atoms with E-state index in [0.717, 1.165) is 3.70 Å². The van der Waals surface area contributed by atoms with E-state index in [1.807, 2.05) is 4.40 Å². The molecule has 0 aliphatic heterocycles. The molecule has 0 unspecified atom stereocenters. The molecule has 0 aliphatic rings. The molecule has 8 heteroatoms. The molecule has 1 aromatic carbocycles. The van der Waals surface area contributed by atoms with E-state index in [4.69, 9.17) is 4.74 Å². The summed E-state index contributed by atoms with van der Waals surface area (Å²) in [6, 6.07) is 4.25. The van der Waals surface area contributed by atoms with E-state index in [1.54, 1.807) is 26.4 Å². The molecule has 1 amide bonds. The van der Waals surface area contributed by atoms with Gasteiger partial charge in [0.05, 0.1) is 19.0 Å². The van der Waals surface area contributed by atoms with E-state index in [-0.39, 0.29) is 17.4 Å². The van der Waals surface area contributed by atoms with Crippen molar-refractivity contribution in [3.05, 3.63) is 51.5 Å². The fraction of sp³-hybridized carbons (Fsp3) is 0.188. The summed E-state index contributed by atoms with van der Waals surface area (Å²) in [5.74, 6) is -0.709. The van der Waals surface area contributed by atoms with Crippen LogP contribution in [0.15, 0.2) is 30.6 Å². The third kappa shape index (κ3) is 2.81. The number of halogens is 2. The minimum Gasteiger partial charge on any atom is -0.494 e. The Bertz CT molecular complexity index is 941. The fourth-order valence-corrected chi connectivity index (χ4v) is 2.87. The van der Waals surface area contributed by atoms with Crippen LogP contribution in [-0.4, -0.2) is 34.4 Å². The fourth-order valence-electron chi connectivity index (χ4n) is 2.36. The number of hydrogen-bond acceptors (Lipinski definition) is 4. The summed E-state index contributed by atoms with van der Waals surface area (Å²) in [5.41, 5.74) is 2.16. The van der Waals surface area contributed by atoms with Gasteiger partial charge in [0, 0.05) is 25.0 Å². The molecule has 0 saturated carbocycles. The van der Waals surface area contributed by atoms with Gasteiger partial charge in [0.25, 0.3) is 5.91 Å². The zero-order valence-corrected chi connectivity index (χ0v) is 15.4. The van der Waals surface area contributed by atoms with Crippen LogP contribution in [0.4, 0.5) is 10.1 Å². The first kappa shape index (κ1) is 16.6. The highest BCUT2D eigenvalue weighted by Crippen LogP contribution is 2.25. The SMILES string of the molecule is COc1cc(N(C)C(=O)c2cn3c(I)cnc3c(C)n2)ccc1F. The average Bonchev–Trinajstić information content (AvgIpc) is 2.96. The zero-order valence-electron chi connectivity index (χ0n) is 13.2. The smallest absolute Gasteiger partial charge is 0.278 e. The van der Waals surface area contributed by atoms with E-state index in [9.17, 15) is 9.18 Å². The molecule has 0 atom stereocenters. The van der Waals surface area contributed by atoms with Gasteiger partial charge in [-0.25, -0.2) is 14.4 Å². The molecule has 0 aliphatic carbocycles. The van der Waals surface area contributed by atoms with Gasteiger partial charge >= 0.3 is 0 Å². The maximum atomic E-state index is 13.5. The highest BCUT2D eigenvalue weighted by molar-refractivity contribution is 14.1. The van der Waals surface area contributed by atoms with Crippen molar-refractivity contribution in [1.82, 2.24) is 14.4 Å². The van der Waals surface area contributed by atoms with Crippen molar-refractivity contribution in [2.24, 2.45) is 0 Å². The number of aromatic nitrogens is 3. The highest BCUT2D eigenvalue weighted by atomic mass is 127. The number of carbonyl (C=O) groups is 1. The van der Waals surface area contributed by atoms with Crippen LogP contribution in [0.3, 0.4) is 0 Å². The van der Waals surface area contributed by atoms with Gasteiger partial charge in [-0.15, -0.1) is 0 Å². The molecule has 24 heavy (non-hydrogen) atoms. The molecule has 3 rings (SSSR count). The number of benzene rings is 1. The van der Waals surface area contributed by atoms with E-state index in [0.29, 0.717) is 17.0 Å². The Morgan fingerprint density at radius 2 is 2.17 bits per heavy atom. The minimum absolute atomic E-state index is 0.0795. The summed E-state index contributed by atoms with van der Waals surface area (Å²) in [5, 5.41) is 0. The van der Waals surface area contributed by atoms with E-state index in [2.05, 4.69) is 32.6 Å². The van der Waals surface area contributed by atoms with Gasteiger partial charge in [-0.1, -0.05) is 0 Å². The molecule has 2 aromatic heterocycles. The monoisotopic (exact) mass is 440 g/mol. The first-order valence-electron chi connectivity index (χ1n) is 7.04. The number of rotatable bonds is 3. The molecule has 0 bridgehead atoms. The van der Waals surface area contributed by atoms with Crippen LogP contribution >= 0.6 is 22.6 Å². The van der Waals surface area contributed by atoms with Crippen molar-refractivity contribution in [3.8, 4) is 5.75 Å². The maximum Gasteiger partial charge on any atom is 0.278 e. The summed E-state index contributed by atoms with van der Waals surface area (Å²) in [4.78, 5) is 22.8. The molecule has 124 valence electrons. The van der Waals surface area contributed by atoms with Crippen molar-refractivity contribution < 1.29 is 13.9 Å². The van der Waals surface area contributed by atoms with Crippen molar-refractivity contribution in [3.63, 3.8) is 0 Å². The summed E-state index contributed by atoms with van der Waals surface area (Å²) in [7, 11) is 2.99. The van der Waals surface area contributed by atoms with Crippen LogP contribution in [0.5, 0.6) is 5.75 Å². The molecule has 3 aromatic rings. The molecule has 2 heterocycles. The number of imidazole rings is 1. The molecule has 6 nitrogen and oxygen atoms in total. The number of anilines is 1. The predicted octanol–water partition coefficient (Wildman–Crippen LogP) is 3.07. The van der Waals surface area contributed by atoms with Crippen LogP contribution in [0, 0.1) is 16.4 Å². The Kier molecular flexibility index (Phi) is 4.39.